The summed E-state index contributed by atoms with van der Waals surface area (Å²) in [5.74, 6) is 1.04. The molecule has 0 bridgehead atoms. The molecule has 1 aromatic rings. The molecule has 1 aliphatic heterocycles. The molecule has 0 saturated carbocycles. The van der Waals surface area contributed by atoms with Gasteiger partial charge in [-0.25, -0.2) is 0 Å². The first kappa shape index (κ1) is 13.5. The summed E-state index contributed by atoms with van der Waals surface area (Å²) in [4.78, 5) is 0.168. The lowest BCUT2D eigenvalue weighted by Gasteiger charge is -2.18. The normalized spacial score (nSPS) is 21.5. The van der Waals surface area contributed by atoms with E-state index < -0.39 is 0 Å². The van der Waals surface area contributed by atoms with E-state index in [1.165, 1.54) is 0 Å². The van der Waals surface area contributed by atoms with Crippen molar-refractivity contribution in [1.29, 1.82) is 0 Å². The molecule has 1 aromatic carbocycles. The van der Waals surface area contributed by atoms with Gasteiger partial charge in [0, 0.05) is 28.4 Å². The minimum Gasteiger partial charge on any atom is -0.495 e. The highest BCUT2D eigenvalue weighted by atomic mass is 79.9. The fraction of sp³-hybridized carbons (Fsp3) is 0.500. The highest BCUT2D eigenvalue weighted by Crippen LogP contribution is 2.42. The Morgan fingerprint density at radius 1 is 1.41 bits per heavy atom. The molecule has 2 rings (SSSR count). The van der Waals surface area contributed by atoms with Crippen molar-refractivity contribution in [2.75, 3.05) is 20.3 Å². The predicted molar refractivity (Wildman–Crippen MR) is 73.6 cm³/mol. The van der Waals surface area contributed by atoms with Crippen LogP contribution in [0.25, 0.3) is 0 Å². The summed E-state index contributed by atoms with van der Waals surface area (Å²) in [5.41, 5.74) is 0.993. The van der Waals surface area contributed by atoms with Gasteiger partial charge in [0.1, 0.15) is 5.75 Å². The zero-order chi connectivity index (χ0) is 12.4. The first-order valence-electron chi connectivity index (χ1n) is 5.38. The molecule has 0 radical (unpaired) electrons. The first-order chi connectivity index (χ1) is 8.13. The fourth-order valence-electron chi connectivity index (χ4n) is 1.95. The van der Waals surface area contributed by atoms with E-state index in [9.17, 15) is 0 Å². The molecule has 1 saturated heterocycles. The largest absolute Gasteiger partial charge is 0.495 e. The van der Waals surface area contributed by atoms with E-state index in [1.54, 1.807) is 13.2 Å². The minimum absolute atomic E-state index is 0.168. The second-order valence-corrected chi connectivity index (χ2v) is 5.83. The Morgan fingerprint density at radius 3 is 2.76 bits per heavy atom. The van der Waals surface area contributed by atoms with Gasteiger partial charge in [0.15, 0.2) is 0 Å². The average Bonchev–Trinajstić information content (AvgIpc) is 2.84. The highest BCUT2D eigenvalue weighted by Gasteiger charge is 2.27. The molecule has 5 heteroatoms. The summed E-state index contributed by atoms with van der Waals surface area (Å²) < 4.78 is 10.5. The zero-order valence-corrected chi connectivity index (χ0v) is 12.5. The van der Waals surface area contributed by atoms with E-state index in [0.29, 0.717) is 21.7 Å². The number of alkyl halides is 1. The number of halogens is 3. The molecule has 0 aliphatic carbocycles. The molecule has 17 heavy (non-hydrogen) atoms. The third-order valence-corrected chi connectivity index (χ3v) is 4.81. The average molecular weight is 340 g/mol. The van der Waals surface area contributed by atoms with Crippen molar-refractivity contribution in [3.05, 3.63) is 27.7 Å². The molecule has 0 amide bonds. The summed E-state index contributed by atoms with van der Waals surface area (Å²) >= 11 is 16.0. The van der Waals surface area contributed by atoms with Gasteiger partial charge in [-0.2, -0.15) is 0 Å². The van der Waals surface area contributed by atoms with Crippen LogP contribution in [0.5, 0.6) is 5.75 Å². The van der Waals surface area contributed by atoms with E-state index in [1.807, 2.05) is 6.07 Å². The molecular weight excluding hydrogens is 327 g/mol. The van der Waals surface area contributed by atoms with Crippen LogP contribution in [-0.4, -0.2) is 20.3 Å². The van der Waals surface area contributed by atoms with E-state index in [2.05, 4.69) is 15.9 Å². The molecule has 0 aromatic heterocycles. The standard InChI is InChI=1S/C12H13BrCl2O2/c1-16-11-5-9(14)8(4-10(11)15)12(13)7-2-3-17-6-7/h4-5,7,12H,2-3,6H2,1H3. The van der Waals surface area contributed by atoms with Gasteiger partial charge in [-0.1, -0.05) is 39.1 Å². The van der Waals surface area contributed by atoms with Crippen molar-refractivity contribution in [3.8, 4) is 5.75 Å². The van der Waals surface area contributed by atoms with Crippen LogP contribution in [0.4, 0.5) is 0 Å². The van der Waals surface area contributed by atoms with Crippen LogP contribution >= 0.6 is 39.1 Å². The lowest BCUT2D eigenvalue weighted by molar-refractivity contribution is 0.185. The highest BCUT2D eigenvalue weighted by molar-refractivity contribution is 9.09. The molecule has 1 fully saturated rings. The molecule has 0 spiro atoms. The SMILES string of the molecule is COc1cc(Cl)c(C(Br)C2CCOC2)cc1Cl. The Kier molecular flexibility index (Phi) is 4.59. The van der Waals surface area contributed by atoms with Crippen molar-refractivity contribution in [2.45, 2.75) is 11.2 Å². The van der Waals surface area contributed by atoms with Crippen molar-refractivity contribution in [3.63, 3.8) is 0 Å². The molecule has 2 unspecified atom stereocenters. The van der Waals surface area contributed by atoms with Crippen LogP contribution in [-0.2, 0) is 4.74 Å². The second kappa shape index (κ2) is 5.79. The Bertz CT molecular complexity index is 406. The number of ether oxygens (including phenoxy) is 2. The maximum Gasteiger partial charge on any atom is 0.138 e. The smallest absolute Gasteiger partial charge is 0.138 e. The van der Waals surface area contributed by atoms with Crippen LogP contribution < -0.4 is 4.74 Å². The summed E-state index contributed by atoms with van der Waals surface area (Å²) in [6, 6.07) is 3.61. The van der Waals surface area contributed by atoms with E-state index in [0.717, 1.165) is 25.2 Å². The third-order valence-electron chi connectivity index (χ3n) is 2.95. The molecule has 1 heterocycles. The summed E-state index contributed by atoms with van der Waals surface area (Å²) in [5, 5.41) is 1.25. The topological polar surface area (TPSA) is 18.5 Å². The van der Waals surface area contributed by atoms with Gasteiger partial charge in [-0.05, 0) is 18.1 Å². The summed E-state index contributed by atoms with van der Waals surface area (Å²) in [6.45, 7) is 1.57. The van der Waals surface area contributed by atoms with E-state index in [-0.39, 0.29) is 4.83 Å². The maximum atomic E-state index is 6.24. The van der Waals surface area contributed by atoms with Crippen molar-refractivity contribution in [2.24, 2.45) is 5.92 Å². The fourth-order valence-corrected chi connectivity index (χ4v) is 3.40. The third kappa shape index (κ3) is 2.90. The Balaban J connectivity index is 2.28. The Hall–Kier alpha value is 0.0400. The van der Waals surface area contributed by atoms with Gasteiger partial charge in [0.05, 0.1) is 18.7 Å². The minimum atomic E-state index is 0.168. The second-order valence-electron chi connectivity index (χ2n) is 4.03. The number of hydrogen-bond acceptors (Lipinski definition) is 2. The van der Waals surface area contributed by atoms with Crippen molar-refractivity contribution >= 4 is 39.1 Å². The van der Waals surface area contributed by atoms with E-state index >= 15 is 0 Å². The van der Waals surface area contributed by atoms with Gasteiger partial charge in [0.2, 0.25) is 0 Å². The monoisotopic (exact) mass is 338 g/mol. The van der Waals surface area contributed by atoms with Crippen LogP contribution in [0.3, 0.4) is 0 Å². The van der Waals surface area contributed by atoms with Crippen molar-refractivity contribution < 1.29 is 9.47 Å². The zero-order valence-electron chi connectivity index (χ0n) is 9.38. The summed E-state index contributed by atoms with van der Waals surface area (Å²) in [6.07, 6.45) is 1.04. The number of benzene rings is 1. The molecule has 1 aliphatic rings. The van der Waals surface area contributed by atoms with Crippen molar-refractivity contribution in [1.82, 2.24) is 0 Å². The molecule has 0 N–H and O–H groups in total. The quantitative estimate of drug-likeness (QED) is 0.756. The number of rotatable bonds is 3. The maximum absolute atomic E-state index is 6.24. The summed E-state index contributed by atoms with van der Waals surface area (Å²) in [7, 11) is 1.58. The molecular formula is C12H13BrCl2O2. The molecule has 2 nitrogen and oxygen atoms in total. The van der Waals surface area contributed by atoms with Gasteiger partial charge >= 0.3 is 0 Å². The lowest BCUT2D eigenvalue weighted by Crippen LogP contribution is -2.08. The van der Waals surface area contributed by atoms with Gasteiger partial charge in [-0.3, -0.25) is 0 Å². The van der Waals surface area contributed by atoms with Gasteiger partial charge < -0.3 is 9.47 Å². The Morgan fingerprint density at radius 2 is 2.18 bits per heavy atom. The molecule has 2 atom stereocenters. The van der Waals surface area contributed by atoms with Crippen LogP contribution in [0.15, 0.2) is 12.1 Å². The van der Waals surface area contributed by atoms with E-state index in [4.69, 9.17) is 32.7 Å². The predicted octanol–water partition coefficient (Wildman–Crippen LogP) is 4.47. The van der Waals surface area contributed by atoms with Gasteiger partial charge in [-0.15, -0.1) is 0 Å². The van der Waals surface area contributed by atoms with Crippen LogP contribution in [0.1, 0.15) is 16.8 Å². The van der Waals surface area contributed by atoms with Crippen LogP contribution in [0, 0.1) is 5.92 Å². The van der Waals surface area contributed by atoms with Crippen LogP contribution in [0.2, 0.25) is 10.0 Å². The molecule has 94 valence electrons. The number of hydrogen-bond donors (Lipinski definition) is 0. The number of methoxy groups -OCH3 is 1. The Labute approximate surface area is 119 Å². The van der Waals surface area contributed by atoms with Gasteiger partial charge in [0.25, 0.3) is 0 Å². The lowest BCUT2D eigenvalue weighted by atomic mass is 9.98. The first-order valence-corrected chi connectivity index (χ1v) is 7.05.